The molecule has 1 N–H and O–H groups in total. The number of nitrogens with zero attached hydrogens (tertiary/aromatic N) is 2. The summed E-state index contributed by atoms with van der Waals surface area (Å²) in [7, 11) is 0. The van der Waals surface area contributed by atoms with Gasteiger partial charge in [0.25, 0.3) is 5.56 Å². The predicted molar refractivity (Wildman–Crippen MR) is 110 cm³/mol. The van der Waals surface area contributed by atoms with E-state index < -0.39 is 0 Å². The van der Waals surface area contributed by atoms with Crippen molar-refractivity contribution in [1.29, 1.82) is 0 Å². The minimum absolute atomic E-state index is 0.146. The maximum absolute atomic E-state index is 12.6. The molecule has 0 fully saturated rings. The van der Waals surface area contributed by atoms with Crippen LogP contribution in [0.1, 0.15) is 25.2 Å². The molecule has 6 heteroatoms. The van der Waals surface area contributed by atoms with Crippen molar-refractivity contribution in [3.8, 4) is 5.75 Å². The number of benzene rings is 2. The lowest BCUT2D eigenvalue weighted by molar-refractivity contribution is -0.126. The molecule has 1 aromatic heterocycles. The molecule has 0 unspecified atom stereocenters. The summed E-state index contributed by atoms with van der Waals surface area (Å²) in [5.41, 5.74) is 1.33. The normalized spacial score (nSPS) is 11.1. The molecule has 3 aromatic rings. The molecule has 28 heavy (non-hydrogen) atoms. The highest BCUT2D eigenvalue weighted by Gasteiger charge is 2.12. The fraction of sp³-hybridized carbons (Fsp3) is 0.227. The third-order valence-electron chi connectivity index (χ3n) is 4.31. The minimum atomic E-state index is -0.200. The van der Waals surface area contributed by atoms with Crippen LogP contribution in [-0.4, -0.2) is 33.9 Å². The number of para-hydroxylation sites is 1. The van der Waals surface area contributed by atoms with Gasteiger partial charge in [-0.05, 0) is 49.8 Å². The van der Waals surface area contributed by atoms with E-state index in [1.54, 1.807) is 29.2 Å². The summed E-state index contributed by atoms with van der Waals surface area (Å²) in [6.07, 6.45) is 3.29. The van der Waals surface area contributed by atoms with Crippen LogP contribution in [0.3, 0.4) is 0 Å². The first-order valence-electron chi connectivity index (χ1n) is 9.28. The minimum Gasteiger partial charge on any atom is -0.494 e. The molecule has 0 saturated carbocycles. The molecule has 144 valence electrons. The van der Waals surface area contributed by atoms with Gasteiger partial charge in [-0.2, -0.15) is 0 Å². The predicted octanol–water partition coefficient (Wildman–Crippen LogP) is 3.38. The summed E-state index contributed by atoms with van der Waals surface area (Å²) in [6.45, 7) is 5.18. The molecule has 2 aromatic carbocycles. The zero-order chi connectivity index (χ0) is 19.9. The van der Waals surface area contributed by atoms with Gasteiger partial charge in [0.2, 0.25) is 5.91 Å². The molecule has 1 heterocycles. The molecule has 0 radical (unpaired) electrons. The summed E-state index contributed by atoms with van der Waals surface area (Å²) in [5.74, 6) is 1.12. The SMILES string of the molecule is CCOc1ccc(C=CC(=O)N(CC)Cc2nc3ccccc3c(=O)[nH]2)cc1. The number of aromatic amines is 1. The van der Waals surface area contributed by atoms with Crippen LogP contribution in [0.5, 0.6) is 5.75 Å². The zero-order valence-electron chi connectivity index (χ0n) is 16.0. The molecule has 0 aliphatic carbocycles. The highest BCUT2D eigenvalue weighted by molar-refractivity contribution is 5.91. The van der Waals surface area contributed by atoms with E-state index in [-0.39, 0.29) is 18.0 Å². The van der Waals surface area contributed by atoms with Gasteiger partial charge in [0, 0.05) is 12.6 Å². The maximum atomic E-state index is 12.6. The molecule has 0 spiro atoms. The Morgan fingerprint density at radius 2 is 1.89 bits per heavy atom. The molecular formula is C22H23N3O3. The number of likely N-dealkylation sites (N-methyl/N-ethyl adjacent to an activating group) is 1. The topological polar surface area (TPSA) is 75.3 Å². The van der Waals surface area contributed by atoms with Crippen LogP contribution in [-0.2, 0) is 11.3 Å². The van der Waals surface area contributed by atoms with Crippen molar-refractivity contribution in [2.24, 2.45) is 0 Å². The van der Waals surface area contributed by atoms with Gasteiger partial charge in [-0.15, -0.1) is 0 Å². The number of fused-ring (bicyclic) bond motifs is 1. The highest BCUT2D eigenvalue weighted by Crippen LogP contribution is 2.13. The summed E-state index contributed by atoms with van der Waals surface area (Å²) in [6, 6.07) is 14.7. The van der Waals surface area contributed by atoms with E-state index >= 15 is 0 Å². The molecule has 0 saturated heterocycles. The Morgan fingerprint density at radius 1 is 1.14 bits per heavy atom. The van der Waals surface area contributed by atoms with Crippen molar-refractivity contribution < 1.29 is 9.53 Å². The average molecular weight is 377 g/mol. The standard InChI is InChI=1S/C22H23N3O3/c1-3-25(15-20-23-19-8-6-5-7-18(19)22(27)24-20)21(26)14-11-16-9-12-17(13-10-16)28-4-2/h5-14H,3-4,15H2,1-2H3,(H,23,24,27). The Hall–Kier alpha value is -3.41. The average Bonchev–Trinajstić information content (AvgIpc) is 2.71. The summed E-state index contributed by atoms with van der Waals surface area (Å²) in [4.78, 5) is 33.6. The Bertz CT molecular complexity index is 1040. The molecule has 0 aliphatic heterocycles. The number of rotatable bonds is 7. The van der Waals surface area contributed by atoms with Crippen LogP contribution >= 0.6 is 0 Å². The van der Waals surface area contributed by atoms with Crippen molar-refractivity contribution in [3.63, 3.8) is 0 Å². The number of amides is 1. The zero-order valence-corrected chi connectivity index (χ0v) is 16.0. The number of carbonyl (C=O) groups excluding carboxylic acids is 1. The van der Waals surface area contributed by atoms with Crippen molar-refractivity contribution in [3.05, 3.63) is 76.3 Å². The van der Waals surface area contributed by atoms with E-state index in [2.05, 4.69) is 9.97 Å². The van der Waals surface area contributed by atoms with Crippen molar-refractivity contribution in [2.45, 2.75) is 20.4 Å². The van der Waals surface area contributed by atoms with Gasteiger partial charge >= 0.3 is 0 Å². The Morgan fingerprint density at radius 3 is 2.61 bits per heavy atom. The van der Waals surface area contributed by atoms with Crippen LogP contribution in [0, 0.1) is 0 Å². The van der Waals surface area contributed by atoms with Crippen LogP contribution in [0.15, 0.2) is 59.4 Å². The van der Waals surface area contributed by atoms with Crippen LogP contribution < -0.4 is 10.3 Å². The lowest BCUT2D eigenvalue weighted by atomic mass is 10.2. The number of hydrogen-bond acceptors (Lipinski definition) is 4. The molecule has 3 rings (SSSR count). The van der Waals surface area contributed by atoms with Crippen molar-refractivity contribution in [2.75, 3.05) is 13.2 Å². The van der Waals surface area contributed by atoms with E-state index in [9.17, 15) is 9.59 Å². The van der Waals surface area contributed by atoms with E-state index in [1.807, 2.05) is 44.2 Å². The third-order valence-corrected chi connectivity index (χ3v) is 4.31. The first-order chi connectivity index (χ1) is 13.6. The molecule has 6 nitrogen and oxygen atoms in total. The maximum Gasteiger partial charge on any atom is 0.258 e. The van der Waals surface area contributed by atoms with E-state index in [0.29, 0.717) is 29.9 Å². The van der Waals surface area contributed by atoms with Crippen LogP contribution in [0.4, 0.5) is 0 Å². The number of carbonyl (C=O) groups is 1. The second-order valence-electron chi connectivity index (χ2n) is 6.22. The first-order valence-corrected chi connectivity index (χ1v) is 9.28. The highest BCUT2D eigenvalue weighted by atomic mass is 16.5. The van der Waals surface area contributed by atoms with Gasteiger partial charge in [0.1, 0.15) is 11.6 Å². The quantitative estimate of drug-likeness (QED) is 0.641. The number of H-pyrrole nitrogens is 1. The Kier molecular flexibility index (Phi) is 6.22. The van der Waals surface area contributed by atoms with E-state index in [4.69, 9.17) is 4.74 Å². The molecule has 0 bridgehead atoms. The first kappa shape index (κ1) is 19.4. The molecular weight excluding hydrogens is 354 g/mol. The van der Waals surface area contributed by atoms with Crippen LogP contribution in [0.2, 0.25) is 0 Å². The van der Waals surface area contributed by atoms with Gasteiger partial charge in [-0.3, -0.25) is 9.59 Å². The van der Waals surface area contributed by atoms with Crippen LogP contribution in [0.25, 0.3) is 17.0 Å². The number of nitrogens with one attached hydrogen (secondary N) is 1. The Balaban J connectivity index is 1.72. The second kappa shape index (κ2) is 8.99. The molecule has 0 atom stereocenters. The fourth-order valence-corrected chi connectivity index (χ4v) is 2.85. The van der Waals surface area contributed by atoms with E-state index in [1.165, 1.54) is 6.08 Å². The van der Waals surface area contributed by atoms with Gasteiger partial charge in [0.15, 0.2) is 0 Å². The fourth-order valence-electron chi connectivity index (χ4n) is 2.85. The second-order valence-corrected chi connectivity index (χ2v) is 6.22. The monoisotopic (exact) mass is 377 g/mol. The van der Waals surface area contributed by atoms with Crippen molar-refractivity contribution >= 4 is 22.9 Å². The lowest BCUT2D eigenvalue weighted by Crippen LogP contribution is -2.30. The number of ether oxygens (including phenoxy) is 1. The van der Waals surface area contributed by atoms with Gasteiger partial charge in [0.05, 0.1) is 24.1 Å². The summed E-state index contributed by atoms with van der Waals surface area (Å²) in [5, 5.41) is 0.538. The molecule has 1 amide bonds. The molecule has 0 aliphatic rings. The number of hydrogen-bond donors (Lipinski definition) is 1. The largest absolute Gasteiger partial charge is 0.494 e. The summed E-state index contributed by atoms with van der Waals surface area (Å²) < 4.78 is 5.41. The van der Waals surface area contributed by atoms with Crippen molar-refractivity contribution in [1.82, 2.24) is 14.9 Å². The smallest absolute Gasteiger partial charge is 0.258 e. The lowest BCUT2D eigenvalue weighted by Gasteiger charge is -2.18. The summed E-state index contributed by atoms with van der Waals surface area (Å²) >= 11 is 0. The third kappa shape index (κ3) is 4.65. The van der Waals surface area contributed by atoms with Gasteiger partial charge in [-0.25, -0.2) is 4.98 Å². The van der Waals surface area contributed by atoms with Gasteiger partial charge < -0.3 is 14.6 Å². The van der Waals surface area contributed by atoms with E-state index in [0.717, 1.165) is 11.3 Å². The number of aromatic nitrogens is 2. The van der Waals surface area contributed by atoms with Gasteiger partial charge in [-0.1, -0.05) is 24.3 Å². The Labute approximate surface area is 163 Å².